The van der Waals surface area contributed by atoms with Crippen molar-refractivity contribution in [3.05, 3.63) is 35.6 Å². The lowest BCUT2D eigenvalue weighted by Gasteiger charge is -2.33. The topological polar surface area (TPSA) is 15.3 Å². The van der Waals surface area contributed by atoms with Gasteiger partial charge in [-0.2, -0.15) is 0 Å². The molecule has 1 aliphatic carbocycles. The Morgan fingerprint density at radius 1 is 1.16 bits per heavy atom. The van der Waals surface area contributed by atoms with E-state index < -0.39 is 0 Å². The van der Waals surface area contributed by atoms with Crippen LogP contribution >= 0.6 is 0 Å². The summed E-state index contributed by atoms with van der Waals surface area (Å²) in [5, 5.41) is 3.64. The normalized spacial score (nSPS) is 24.6. The molecule has 1 saturated carbocycles. The molecule has 3 heteroatoms. The molecule has 1 N–H and O–H groups in total. The molecule has 1 unspecified atom stereocenters. The summed E-state index contributed by atoms with van der Waals surface area (Å²) < 4.78 is 12.9. The number of hydrogen-bond acceptors (Lipinski definition) is 2. The van der Waals surface area contributed by atoms with Crippen LogP contribution in [0, 0.1) is 11.7 Å². The first-order valence-corrected chi connectivity index (χ1v) is 7.50. The van der Waals surface area contributed by atoms with Crippen molar-refractivity contribution >= 4 is 0 Å². The molecule has 1 saturated heterocycles. The zero-order chi connectivity index (χ0) is 13.1. The highest BCUT2D eigenvalue weighted by Crippen LogP contribution is 2.22. The second kappa shape index (κ2) is 6.02. The number of piperidine rings is 1. The summed E-state index contributed by atoms with van der Waals surface area (Å²) >= 11 is 0. The van der Waals surface area contributed by atoms with E-state index in [0.29, 0.717) is 0 Å². The lowest BCUT2D eigenvalue weighted by atomic mass is 9.97. The minimum absolute atomic E-state index is 0.145. The molecule has 0 spiro atoms. The van der Waals surface area contributed by atoms with E-state index in [4.69, 9.17) is 0 Å². The van der Waals surface area contributed by atoms with Gasteiger partial charge >= 0.3 is 0 Å². The van der Waals surface area contributed by atoms with Crippen LogP contribution in [0.4, 0.5) is 4.39 Å². The van der Waals surface area contributed by atoms with Crippen molar-refractivity contribution in [2.75, 3.05) is 19.6 Å². The van der Waals surface area contributed by atoms with Crippen molar-refractivity contribution in [2.45, 2.75) is 38.3 Å². The van der Waals surface area contributed by atoms with Crippen LogP contribution in [0.25, 0.3) is 0 Å². The molecule has 2 aliphatic rings. The fraction of sp³-hybridized carbons (Fsp3) is 0.625. The molecule has 0 amide bonds. The molecule has 1 aromatic carbocycles. The predicted molar refractivity (Wildman–Crippen MR) is 75.4 cm³/mol. The Morgan fingerprint density at radius 2 is 1.95 bits per heavy atom. The van der Waals surface area contributed by atoms with Crippen LogP contribution in [0.3, 0.4) is 0 Å². The summed E-state index contributed by atoms with van der Waals surface area (Å²) in [6, 6.07) is 7.74. The molecule has 0 radical (unpaired) electrons. The van der Waals surface area contributed by atoms with E-state index in [2.05, 4.69) is 10.2 Å². The zero-order valence-corrected chi connectivity index (χ0v) is 11.4. The van der Waals surface area contributed by atoms with Crippen LogP contribution in [0.15, 0.2) is 24.3 Å². The van der Waals surface area contributed by atoms with Crippen molar-refractivity contribution < 1.29 is 4.39 Å². The molecule has 19 heavy (non-hydrogen) atoms. The first kappa shape index (κ1) is 13.1. The number of halogens is 1. The van der Waals surface area contributed by atoms with Crippen molar-refractivity contribution in [2.24, 2.45) is 5.92 Å². The van der Waals surface area contributed by atoms with E-state index in [1.54, 1.807) is 12.1 Å². The van der Waals surface area contributed by atoms with Gasteiger partial charge in [-0.15, -0.1) is 0 Å². The third kappa shape index (κ3) is 4.02. The lowest BCUT2D eigenvalue weighted by Crippen LogP contribution is -2.39. The average Bonchev–Trinajstić information content (AvgIpc) is 3.24. The van der Waals surface area contributed by atoms with E-state index >= 15 is 0 Å². The number of rotatable bonds is 5. The molecule has 2 fully saturated rings. The van der Waals surface area contributed by atoms with Crippen molar-refractivity contribution in [1.29, 1.82) is 0 Å². The molecule has 1 aromatic rings. The molecule has 1 heterocycles. The summed E-state index contributed by atoms with van der Waals surface area (Å²) in [6.45, 7) is 4.49. The van der Waals surface area contributed by atoms with E-state index in [0.717, 1.165) is 18.5 Å². The Bertz CT molecular complexity index is 400. The monoisotopic (exact) mass is 262 g/mol. The van der Waals surface area contributed by atoms with E-state index in [9.17, 15) is 4.39 Å². The Hall–Kier alpha value is -0.930. The maximum absolute atomic E-state index is 12.9. The lowest BCUT2D eigenvalue weighted by molar-refractivity contribution is 0.165. The Balaban J connectivity index is 1.48. The largest absolute Gasteiger partial charge is 0.314 e. The third-order valence-electron chi connectivity index (χ3n) is 4.20. The number of likely N-dealkylation sites (tertiary alicyclic amines) is 1. The fourth-order valence-electron chi connectivity index (χ4n) is 2.93. The van der Waals surface area contributed by atoms with Gasteiger partial charge < -0.3 is 5.32 Å². The predicted octanol–water partition coefficient (Wildman–Crippen LogP) is 2.79. The molecular formula is C16H23FN2. The SMILES string of the molecule is Fc1ccc(CN2CCCC(CNC3CC3)C2)cc1. The Morgan fingerprint density at radius 3 is 2.68 bits per heavy atom. The molecule has 3 rings (SSSR count). The summed E-state index contributed by atoms with van der Waals surface area (Å²) in [6.07, 6.45) is 5.37. The molecule has 0 bridgehead atoms. The van der Waals surface area contributed by atoms with E-state index in [-0.39, 0.29) is 5.82 Å². The molecule has 2 nitrogen and oxygen atoms in total. The zero-order valence-electron chi connectivity index (χ0n) is 11.4. The highest BCUT2D eigenvalue weighted by Gasteiger charge is 2.24. The second-order valence-electron chi connectivity index (χ2n) is 6.05. The number of hydrogen-bond donors (Lipinski definition) is 1. The van der Waals surface area contributed by atoms with Crippen LogP contribution in [-0.2, 0) is 6.54 Å². The van der Waals surface area contributed by atoms with Gasteiger partial charge in [-0.1, -0.05) is 12.1 Å². The molecule has 104 valence electrons. The summed E-state index contributed by atoms with van der Waals surface area (Å²) in [5.74, 6) is 0.642. The van der Waals surface area contributed by atoms with Gasteiger partial charge in [-0.25, -0.2) is 4.39 Å². The summed E-state index contributed by atoms with van der Waals surface area (Å²) in [4.78, 5) is 2.51. The van der Waals surface area contributed by atoms with Gasteiger partial charge in [0.25, 0.3) is 0 Å². The van der Waals surface area contributed by atoms with Gasteiger partial charge in [0.15, 0.2) is 0 Å². The van der Waals surface area contributed by atoms with Crippen molar-refractivity contribution in [3.8, 4) is 0 Å². The molecule has 0 aromatic heterocycles. The highest BCUT2D eigenvalue weighted by atomic mass is 19.1. The molecule has 1 aliphatic heterocycles. The van der Waals surface area contributed by atoms with Gasteiger partial charge in [0.05, 0.1) is 0 Å². The third-order valence-corrected chi connectivity index (χ3v) is 4.20. The minimum atomic E-state index is -0.145. The smallest absolute Gasteiger partial charge is 0.123 e. The summed E-state index contributed by atoms with van der Waals surface area (Å²) in [7, 11) is 0. The maximum atomic E-state index is 12.9. The summed E-state index contributed by atoms with van der Waals surface area (Å²) in [5.41, 5.74) is 1.22. The van der Waals surface area contributed by atoms with Crippen LogP contribution in [-0.4, -0.2) is 30.6 Å². The minimum Gasteiger partial charge on any atom is -0.314 e. The van der Waals surface area contributed by atoms with E-state index in [1.807, 2.05) is 12.1 Å². The van der Waals surface area contributed by atoms with Gasteiger partial charge in [-0.3, -0.25) is 4.90 Å². The van der Waals surface area contributed by atoms with Gasteiger partial charge in [0.2, 0.25) is 0 Å². The van der Waals surface area contributed by atoms with Crippen LogP contribution in [0.5, 0.6) is 0 Å². The standard InChI is InChI=1S/C16H23FN2/c17-15-5-3-13(4-6-15)11-19-9-1-2-14(12-19)10-18-16-7-8-16/h3-6,14,16,18H,1-2,7-12H2. The second-order valence-corrected chi connectivity index (χ2v) is 6.05. The maximum Gasteiger partial charge on any atom is 0.123 e. The highest BCUT2D eigenvalue weighted by molar-refractivity contribution is 5.15. The van der Waals surface area contributed by atoms with Crippen LogP contribution < -0.4 is 5.32 Å². The first-order chi connectivity index (χ1) is 9.29. The van der Waals surface area contributed by atoms with E-state index in [1.165, 1.54) is 50.9 Å². The number of nitrogens with zero attached hydrogens (tertiary/aromatic N) is 1. The van der Waals surface area contributed by atoms with Crippen molar-refractivity contribution in [1.82, 2.24) is 10.2 Å². The van der Waals surface area contributed by atoms with Crippen LogP contribution in [0.2, 0.25) is 0 Å². The van der Waals surface area contributed by atoms with Crippen LogP contribution in [0.1, 0.15) is 31.2 Å². The Labute approximate surface area is 115 Å². The Kier molecular flexibility index (Phi) is 4.14. The average molecular weight is 262 g/mol. The number of nitrogens with one attached hydrogen (secondary N) is 1. The molecular weight excluding hydrogens is 239 g/mol. The van der Waals surface area contributed by atoms with Gasteiger partial charge in [-0.05, 0) is 62.4 Å². The first-order valence-electron chi connectivity index (χ1n) is 7.50. The molecule has 1 atom stereocenters. The van der Waals surface area contributed by atoms with Crippen molar-refractivity contribution in [3.63, 3.8) is 0 Å². The van der Waals surface area contributed by atoms with Gasteiger partial charge in [0, 0.05) is 19.1 Å². The quantitative estimate of drug-likeness (QED) is 0.878. The van der Waals surface area contributed by atoms with Gasteiger partial charge in [0.1, 0.15) is 5.82 Å². The number of benzene rings is 1. The fourth-order valence-corrected chi connectivity index (χ4v) is 2.93.